The summed E-state index contributed by atoms with van der Waals surface area (Å²) in [7, 11) is -3.90. The van der Waals surface area contributed by atoms with Crippen molar-refractivity contribution in [2.75, 3.05) is 16.2 Å². The van der Waals surface area contributed by atoms with Crippen molar-refractivity contribution in [3.63, 3.8) is 0 Å². The number of thiazole rings is 1. The normalized spacial score (nSPS) is 11.1. The van der Waals surface area contributed by atoms with Crippen LogP contribution in [-0.4, -0.2) is 25.9 Å². The van der Waals surface area contributed by atoms with Gasteiger partial charge in [-0.3, -0.25) is 4.79 Å². The van der Waals surface area contributed by atoms with Gasteiger partial charge in [0.25, 0.3) is 10.0 Å². The number of aromatic nitrogens is 1. The molecule has 1 heterocycles. The quantitative estimate of drug-likeness (QED) is 0.704. The third-order valence-corrected chi connectivity index (χ3v) is 6.21. The second-order valence-electron chi connectivity index (χ2n) is 5.56. The van der Waals surface area contributed by atoms with Crippen LogP contribution < -0.4 is 9.62 Å². The first kappa shape index (κ1) is 18.1. The number of amides is 1. The molecular weight excluding hydrogens is 370 g/mol. The van der Waals surface area contributed by atoms with Crippen molar-refractivity contribution < 1.29 is 13.2 Å². The predicted molar refractivity (Wildman–Crippen MR) is 103 cm³/mol. The average molecular weight is 387 g/mol. The summed E-state index contributed by atoms with van der Waals surface area (Å²) >= 11 is 1.16. The molecule has 0 saturated carbocycles. The molecule has 1 aromatic heterocycles. The van der Waals surface area contributed by atoms with Crippen LogP contribution in [0.3, 0.4) is 0 Å². The van der Waals surface area contributed by atoms with E-state index < -0.39 is 15.9 Å². The van der Waals surface area contributed by atoms with E-state index >= 15 is 0 Å². The van der Waals surface area contributed by atoms with E-state index in [2.05, 4.69) is 10.3 Å². The van der Waals surface area contributed by atoms with E-state index in [0.717, 1.165) is 21.2 Å². The average Bonchev–Trinajstić information content (AvgIpc) is 3.14. The highest BCUT2D eigenvalue weighted by Gasteiger charge is 2.28. The molecule has 0 atom stereocenters. The van der Waals surface area contributed by atoms with Gasteiger partial charge >= 0.3 is 0 Å². The number of rotatable bonds is 6. The molecular formula is C18H17N3O3S2. The molecule has 1 amide bonds. The van der Waals surface area contributed by atoms with Crippen molar-refractivity contribution in [1.82, 2.24) is 4.98 Å². The van der Waals surface area contributed by atoms with Crippen LogP contribution in [0.5, 0.6) is 0 Å². The minimum atomic E-state index is -3.90. The molecule has 0 bridgehead atoms. The van der Waals surface area contributed by atoms with E-state index in [-0.39, 0.29) is 16.6 Å². The van der Waals surface area contributed by atoms with Crippen LogP contribution in [0.15, 0.2) is 71.1 Å². The number of benzene rings is 2. The molecule has 2 aromatic carbocycles. The lowest BCUT2D eigenvalue weighted by Gasteiger charge is -2.21. The van der Waals surface area contributed by atoms with Gasteiger partial charge in [0.15, 0.2) is 5.13 Å². The van der Waals surface area contributed by atoms with Crippen LogP contribution in [-0.2, 0) is 14.8 Å². The molecule has 134 valence electrons. The molecule has 0 aliphatic heterocycles. The van der Waals surface area contributed by atoms with E-state index in [9.17, 15) is 13.2 Å². The summed E-state index contributed by atoms with van der Waals surface area (Å²) in [5.74, 6) is -0.440. The van der Waals surface area contributed by atoms with Crippen LogP contribution in [0.4, 0.5) is 10.8 Å². The van der Waals surface area contributed by atoms with Crippen molar-refractivity contribution >= 4 is 38.1 Å². The van der Waals surface area contributed by atoms with Crippen LogP contribution in [0.2, 0.25) is 0 Å². The van der Waals surface area contributed by atoms with Gasteiger partial charge in [0.1, 0.15) is 6.54 Å². The maximum Gasteiger partial charge on any atom is 0.266 e. The number of nitrogens with one attached hydrogen (secondary N) is 1. The van der Waals surface area contributed by atoms with Crippen LogP contribution in [0.1, 0.15) is 5.56 Å². The fourth-order valence-electron chi connectivity index (χ4n) is 2.37. The molecule has 26 heavy (non-hydrogen) atoms. The van der Waals surface area contributed by atoms with Gasteiger partial charge in [-0.15, -0.1) is 11.3 Å². The summed E-state index contributed by atoms with van der Waals surface area (Å²) in [5.41, 5.74) is 1.61. The predicted octanol–water partition coefficient (Wildman–Crippen LogP) is 3.29. The van der Waals surface area contributed by atoms with Gasteiger partial charge in [0.05, 0.1) is 4.90 Å². The van der Waals surface area contributed by atoms with Gasteiger partial charge in [0.2, 0.25) is 5.91 Å². The van der Waals surface area contributed by atoms with Gasteiger partial charge in [-0.05, 0) is 36.8 Å². The van der Waals surface area contributed by atoms with E-state index in [4.69, 9.17) is 0 Å². The highest BCUT2D eigenvalue weighted by atomic mass is 32.2. The Morgan fingerprint density at radius 2 is 1.92 bits per heavy atom. The number of anilines is 2. The summed E-state index contributed by atoms with van der Waals surface area (Å²) in [6.45, 7) is 1.55. The van der Waals surface area contributed by atoms with E-state index in [1.807, 2.05) is 25.1 Å². The molecule has 0 fully saturated rings. The summed E-state index contributed by atoms with van der Waals surface area (Å²) < 4.78 is 27.0. The molecule has 1 N–H and O–H groups in total. The maximum atomic E-state index is 13.0. The number of hydrogen-bond donors (Lipinski definition) is 1. The smallest absolute Gasteiger partial charge is 0.266 e. The zero-order chi connectivity index (χ0) is 18.6. The minimum Gasteiger partial charge on any atom is -0.325 e. The van der Waals surface area contributed by atoms with Crippen molar-refractivity contribution in [2.24, 2.45) is 0 Å². The molecule has 8 heteroatoms. The Morgan fingerprint density at radius 3 is 2.58 bits per heavy atom. The lowest BCUT2D eigenvalue weighted by Crippen LogP contribution is -2.38. The first-order chi connectivity index (χ1) is 12.5. The Kier molecular flexibility index (Phi) is 5.34. The van der Waals surface area contributed by atoms with Gasteiger partial charge in [0, 0.05) is 17.3 Å². The lowest BCUT2D eigenvalue weighted by atomic mass is 10.2. The van der Waals surface area contributed by atoms with Crippen molar-refractivity contribution in [3.05, 3.63) is 71.7 Å². The monoisotopic (exact) mass is 387 g/mol. The fraction of sp³-hybridized carbons (Fsp3) is 0.111. The minimum absolute atomic E-state index is 0.110. The third-order valence-electron chi connectivity index (χ3n) is 3.55. The topological polar surface area (TPSA) is 79.4 Å². The molecule has 0 unspecified atom stereocenters. The second kappa shape index (κ2) is 7.67. The summed E-state index contributed by atoms with van der Waals surface area (Å²) in [5, 5.41) is 4.64. The molecule has 3 aromatic rings. The van der Waals surface area contributed by atoms with Crippen LogP contribution in [0, 0.1) is 6.92 Å². The zero-order valence-electron chi connectivity index (χ0n) is 14.0. The van der Waals surface area contributed by atoms with Crippen molar-refractivity contribution in [2.45, 2.75) is 11.8 Å². The first-order valence-corrected chi connectivity index (χ1v) is 10.1. The van der Waals surface area contributed by atoms with Crippen molar-refractivity contribution in [1.29, 1.82) is 0 Å². The maximum absolute atomic E-state index is 13.0. The lowest BCUT2D eigenvalue weighted by molar-refractivity contribution is -0.114. The number of sulfonamides is 1. The molecule has 0 spiro atoms. The van der Waals surface area contributed by atoms with Crippen LogP contribution in [0.25, 0.3) is 0 Å². The Labute approximate surface area is 156 Å². The molecule has 3 rings (SSSR count). The highest BCUT2D eigenvalue weighted by molar-refractivity contribution is 7.93. The number of carbonyl (C=O) groups excluding carboxylic acids is 1. The molecule has 0 aliphatic rings. The SMILES string of the molecule is Cc1cccc(NC(=O)CN(c2nccs2)S(=O)(=O)c2ccccc2)c1. The highest BCUT2D eigenvalue weighted by Crippen LogP contribution is 2.25. The van der Waals surface area contributed by atoms with Crippen molar-refractivity contribution in [3.8, 4) is 0 Å². The van der Waals surface area contributed by atoms with E-state index in [0.29, 0.717) is 5.69 Å². The Balaban J connectivity index is 1.87. The Bertz CT molecular complexity index is 988. The van der Waals surface area contributed by atoms with Gasteiger partial charge < -0.3 is 5.32 Å². The number of hydrogen-bond acceptors (Lipinski definition) is 5. The molecule has 0 radical (unpaired) electrons. The Morgan fingerprint density at radius 1 is 1.15 bits per heavy atom. The number of aryl methyl sites for hydroxylation is 1. The summed E-state index contributed by atoms with van der Waals surface area (Å²) in [6, 6.07) is 15.3. The summed E-state index contributed by atoms with van der Waals surface area (Å²) in [4.78, 5) is 16.6. The van der Waals surface area contributed by atoms with Gasteiger partial charge in [-0.2, -0.15) is 0 Å². The third kappa shape index (κ3) is 4.09. The second-order valence-corrected chi connectivity index (χ2v) is 8.29. The summed E-state index contributed by atoms with van der Waals surface area (Å²) in [6.07, 6.45) is 1.51. The largest absolute Gasteiger partial charge is 0.325 e. The fourth-order valence-corrected chi connectivity index (χ4v) is 4.63. The molecule has 6 nitrogen and oxygen atoms in total. The van der Waals surface area contributed by atoms with Gasteiger partial charge in [-0.25, -0.2) is 17.7 Å². The van der Waals surface area contributed by atoms with E-state index in [1.54, 1.807) is 29.6 Å². The molecule has 0 saturated heterocycles. The van der Waals surface area contributed by atoms with Crippen LogP contribution >= 0.6 is 11.3 Å². The first-order valence-electron chi connectivity index (χ1n) is 7.80. The van der Waals surface area contributed by atoms with E-state index in [1.165, 1.54) is 18.3 Å². The number of nitrogens with zero attached hydrogens (tertiary/aromatic N) is 2. The standard InChI is InChI=1S/C18H17N3O3S2/c1-14-6-5-7-15(12-14)20-17(22)13-21(18-19-10-11-25-18)26(23,24)16-8-3-2-4-9-16/h2-12H,13H2,1H3,(H,20,22). The van der Waals surface area contributed by atoms with Gasteiger partial charge in [-0.1, -0.05) is 30.3 Å². The molecule has 0 aliphatic carbocycles. The zero-order valence-corrected chi connectivity index (χ0v) is 15.6. The Hall–Kier alpha value is -2.71. The number of carbonyl (C=O) groups is 1.